The molecule has 0 unspecified atom stereocenters. The zero-order chi connectivity index (χ0) is 14.8. The summed E-state index contributed by atoms with van der Waals surface area (Å²) in [5, 5.41) is 10.4. The summed E-state index contributed by atoms with van der Waals surface area (Å²) in [6.45, 7) is 0.0785. The van der Waals surface area contributed by atoms with Gasteiger partial charge in [-0.05, 0) is 36.4 Å². The second-order valence-corrected chi connectivity index (χ2v) is 5.08. The molecule has 3 rings (SSSR count). The predicted octanol–water partition coefficient (Wildman–Crippen LogP) is 2.71. The van der Waals surface area contributed by atoms with E-state index in [1.165, 1.54) is 4.57 Å². The lowest BCUT2D eigenvalue weighted by Gasteiger charge is -2.12. The lowest BCUT2D eigenvalue weighted by Crippen LogP contribution is -2.25. The van der Waals surface area contributed by atoms with Gasteiger partial charge in [-0.3, -0.25) is 9.36 Å². The van der Waals surface area contributed by atoms with Crippen LogP contribution in [0, 0.1) is 0 Å². The first-order valence-corrected chi connectivity index (χ1v) is 6.95. The number of aliphatic hydroxyl groups is 1. The van der Waals surface area contributed by atoms with Crippen LogP contribution in [0.4, 0.5) is 0 Å². The van der Waals surface area contributed by atoms with Crippen LogP contribution < -0.4 is 5.56 Å². The largest absolute Gasteiger partial charge is 0.395 e. The van der Waals surface area contributed by atoms with Crippen LogP contribution in [0.1, 0.15) is 0 Å². The Labute approximate surface area is 126 Å². The summed E-state index contributed by atoms with van der Waals surface area (Å²) < 4.78 is 1.49. The maximum absolute atomic E-state index is 12.6. The zero-order valence-corrected chi connectivity index (χ0v) is 11.9. The molecule has 4 nitrogen and oxygen atoms in total. The average molecular weight is 301 g/mol. The van der Waals surface area contributed by atoms with Gasteiger partial charge >= 0.3 is 0 Å². The first kappa shape index (κ1) is 13.8. The molecule has 1 heterocycles. The van der Waals surface area contributed by atoms with Gasteiger partial charge in [-0.25, -0.2) is 4.98 Å². The highest BCUT2D eigenvalue weighted by atomic mass is 35.5. The summed E-state index contributed by atoms with van der Waals surface area (Å²) in [6.07, 6.45) is 0. The Bertz CT molecular complexity index is 841. The summed E-state index contributed by atoms with van der Waals surface area (Å²) in [7, 11) is 0. The molecule has 0 bridgehead atoms. The molecule has 1 aromatic heterocycles. The Morgan fingerprint density at radius 2 is 1.81 bits per heavy atom. The van der Waals surface area contributed by atoms with Crippen LogP contribution in [0.5, 0.6) is 0 Å². The molecule has 0 saturated heterocycles. The minimum atomic E-state index is -0.153. The van der Waals surface area contributed by atoms with Crippen molar-refractivity contribution in [2.75, 3.05) is 6.61 Å². The number of benzene rings is 2. The van der Waals surface area contributed by atoms with Crippen LogP contribution in [-0.4, -0.2) is 21.3 Å². The molecule has 0 radical (unpaired) electrons. The smallest absolute Gasteiger partial charge is 0.261 e. The molecule has 0 aliphatic rings. The minimum absolute atomic E-state index is 0.124. The van der Waals surface area contributed by atoms with Gasteiger partial charge in [0.15, 0.2) is 0 Å². The molecule has 106 valence electrons. The normalized spacial score (nSPS) is 11.0. The Morgan fingerprint density at radius 1 is 1.10 bits per heavy atom. The van der Waals surface area contributed by atoms with E-state index in [1.54, 1.807) is 30.3 Å². The summed E-state index contributed by atoms with van der Waals surface area (Å²) in [6, 6.07) is 14.3. The summed E-state index contributed by atoms with van der Waals surface area (Å²) >= 11 is 5.90. The van der Waals surface area contributed by atoms with Gasteiger partial charge in [-0.1, -0.05) is 23.7 Å². The van der Waals surface area contributed by atoms with Gasteiger partial charge in [0.05, 0.1) is 24.1 Å². The van der Waals surface area contributed by atoms with E-state index in [2.05, 4.69) is 4.98 Å². The third-order valence-electron chi connectivity index (χ3n) is 3.29. The molecule has 0 saturated carbocycles. The predicted molar refractivity (Wildman–Crippen MR) is 83.5 cm³/mol. The van der Waals surface area contributed by atoms with E-state index in [0.29, 0.717) is 21.7 Å². The van der Waals surface area contributed by atoms with E-state index in [4.69, 9.17) is 11.6 Å². The molecule has 0 spiro atoms. The number of para-hydroxylation sites is 1. The van der Waals surface area contributed by atoms with Crippen molar-refractivity contribution in [1.29, 1.82) is 0 Å². The van der Waals surface area contributed by atoms with Crippen molar-refractivity contribution in [3.05, 3.63) is 63.9 Å². The number of halogens is 1. The van der Waals surface area contributed by atoms with Gasteiger partial charge in [0.2, 0.25) is 0 Å². The maximum Gasteiger partial charge on any atom is 0.261 e. The van der Waals surface area contributed by atoms with E-state index in [9.17, 15) is 9.90 Å². The van der Waals surface area contributed by atoms with Gasteiger partial charge in [0.1, 0.15) is 5.82 Å². The van der Waals surface area contributed by atoms with Gasteiger partial charge in [-0.15, -0.1) is 0 Å². The number of rotatable bonds is 3. The number of aliphatic hydroxyl groups excluding tert-OH is 1. The lowest BCUT2D eigenvalue weighted by atomic mass is 10.2. The Morgan fingerprint density at radius 3 is 2.52 bits per heavy atom. The highest BCUT2D eigenvalue weighted by Gasteiger charge is 2.12. The van der Waals surface area contributed by atoms with E-state index < -0.39 is 0 Å². The second-order valence-electron chi connectivity index (χ2n) is 4.64. The highest BCUT2D eigenvalue weighted by Crippen LogP contribution is 2.21. The fourth-order valence-corrected chi connectivity index (χ4v) is 2.42. The van der Waals surface area contributed by atoms with Crippen LogP contribution in [0.3, 0.4) is 0 Å². The first-order valence-electron chi connectivity index (χ1n) is 6.57. The van der Waals surface area contributed by atoms with Crippen LogP contribution in [0.2, 0.25) is 5.02 Å². The minimum Gasteiger partial charge on any atom is -0.395 e. The number of hydrogen-bond acceptors (Lipinski definition) is 3. The average Bonchev–Trinajstić information content (AvgIpc) is 2.51. The summed E-state index contributed by atoms with van der Waals surface area (Å²) in [5.41, 5.74) is 1.27. The molecular formula is C16H13ClN2O2. The van der Waals surface area contributed by atoms with Crippen LogP contribution in [-0.2, 0) is 6.54 Å². The van der Waals surface area contributed by atoms with Crippen molar-refractivity contribution >= 4 is 22.5 Å². The fourth-order valence-electron chi connectivity index (χ4n) is 2.29. The molecule has 1 N–H and O–H groups in total. The van der Waals surface area contributed by atoms with Crippen LogP contribution in [0.15, 0.2) is 53.3 Å². The highest BCUT2D eigenvalue weighted by molar-refractivity contribution is 6.30. The van der Waals surface area contributed by atoms with Crippen molar-refractivity contribution in [3.63, 3.8) is 0 Å². The van der Waals surface area contributed by atoms with Crippen LogP contribution >= 0.6 is 11.6 Å². The molecule has 3 aromatic rings. The molecule has 0 fully saturated rings. The van der Waals surface area contributed by atoms with Crippen molar-refractivity contribution < 1.29 is 5.11 Å². The van der Waals surface area contributed by atoms with Gasteiger partial charge in [0, 0.05) is 10.6 Å². The van der Waals surface area contributed by atoms with Crippen molar-refractivity contribution in [1.82, 2.24) is 9.55 Å². The Kier molecular flexibility index (Phi) is 3.73. The standard InChI is InChI=1S/C16H13ClN2O2/c17-12-7-5-11(6-8-12)15-18-14-4-2-1-3-13(14)16(21)19(15)9-10-20/h1-8,20H,9-10H2. The molecule has 0 amide bonds. The van der Waals surface area contributed by atoms with E-state index in [1.807, 2.05) is 18.2 Å². The third kappa shape index (κ3) is 2.55. The molecule has 0 atom stereocenters. The van der Waals surface area contributed by atoms with E-state index >= 15 is 0 Å². The molecule has 0 aliphatic heterocycles. The van der Waals surface area contributed by atoms with Gasteiger partial charge < -0.3 is 5.11 Å². The van der Waals surface area contributed by atoms with Crippen molar-refractivity contribution in [2.45, 2.75) is 6.54 Å². The number of aromatic nitrogens is 2. The molecule has 21 heavy (non-hydrogen) atoms. The number of nitrogens with zero attached hydrogens (tertiary/aromatic N) is 2. The van der Waals surface area contributed by atoms with E-state index in [0.717, 1.165) is 5.56 Å². The topological polar surface area (TPSA) is 55.1 Å². The maximum atomic E-state index is 12.6. The van der Waals surface area contributed by atoms with Crippen molar-refractivity contribution in [2.24, 2.45) is 0 Å². The third-order valence-corrected chi connectivity index (χ3v) is 3.54. The van der Waals surface area contributed by atoms with Gasteiger partial charge in [-0.2, -0.15) is 0 Å². The van der Waals surface area contributed by atoms with Gasteiger partial charge in [0.25, 0.3) is 5.56 Å². The monoisotopic (exact) mass is 300 g/mol. The molecule has 2 aromatic carbocycles. The molecule has 0 aliphatic carbocycles. The van der Waals surface area contributed by atoms with Crippen molar-refractivity contribution in [3.8, 4) is 11.4 Å². The zero-order valence-electron chi connectivity index (χ0n) is 11.2. The fraction of sp³-hybridized carbons (Fsp3) is 0.125. The van der Waals surface area contributed by atoms with Crippen LogP contribution in [0.25, 0.3) is 22.3 Å². The quantitative estimate of drug-likeness (QED) is 0.809. The van der Waals surface area contributed by atoms with E-state index in [-0.39, 0.29) is 18.7 Å². The Hall–Kier alpha value is -2.17. The molecule has 5 heteroatoms. The summed E-state index contributed by atoms with van der Waals surface area (Å²) in [4.78, 5) is 17.1. The Balaban J connectivity index is 2.32. The number of hydrogen-bond donors (Lipinski definition) is 1. The first-order chi connectivity index (χ1) is 10.2. The number of fused-ring (bicyclic) bond motifs is 1. The SMILES string of the molecule is O=c1c2ccccc2nc(-c2ccc(Cl)cc2)n1CCO. The lowest BCUT2D eigenvalue weighted by molar-refractivity contribution is 0.274. The molecular weight excluding hydrogens is 288 g/mol. The second kappa shape index (κ2) is 5.68. The summed E-state index contributed by atoms with van der Waals surface area (Å²) in [5.74, 6) is 0.532.